The largest absolute Gasteiger partial charge is 0.508 e. The minimum atomic E-state index is -1.45. The number of aromatic hydroxyl groups is 1. The van der Waals surface area contributed by atoms with Crippen molar-refractivity contribution in [2.75, 3.05) is 0 Å². The molecule has 8 heteroatoms. The summed E-state index contributed by atoms with van der Waals surface area (Å²) in [4.78, 5) is 37.9. The first-order chi connectivity index (χ1) is 15.0. The average molecular weight is 440 g/mol. The van der Waals surface area contributed by atoms with Crippen molar-refractivity contribution in [3.8, 4) is 5.75 Å². The first kappa shape index (κ1) is 23.0. The fourth-order valence-corrected chi connectivity index (χ4v) is 3.79. The number of phenolic OH excluding ortho intramolecular Hbond substituents is 1. The fraction of sp³-hybridized carbons (Fsp3) is 0.292. The maximum absolute atomic E-state index is 13.7. The molecule has 168 valence electrons. The lowest BCUT2D eigenvalue weighted by Gasteiger charge is -2.26. The number of carboxylic acids is 1. The quantitative estimate of drug-likeness (QED) is 0.538. The molecule has 0 aliphatic carbocycles. The van der Waals surface area contributed by atoms with Crippen LogP contribution >= 0.6 is 0 Å². The number of fused-ring (bicyclic) bond motifs is 1. The Morgan fingerprint density at radius 2 is 1.88 bits per heavy atom. The molecule has 2 atom stereocenters. The number of benzene rings is 2. The highest BCUT2D eigenvalue weighted by Crippen LogP contribution is 2.35. The number of carbonyl (C=O) groups excluding carboxylic acids is 2. The van der Waals surface area contributed by atoms with Crippen molar-refractivity contribution >= 4 is 28.7 Å². The second-order valence-electron chi connectivity index (χ2n) is 8.05. The molecule has 1 heterocycles. The normalized spacial score (nSPS) is 14.0. The van der Waals surface area contributed by atoms with Crippen molar-refractivity contribution in [3.05, 3.63) is 65.1 Å². The maximum atomic E-state index is 13.7. The number of nitrogens with one attached hydrogen (secondary N) is 1. The standard InChI is InChI=1S/C24H25FN2O5/c1-5-24(4,23(31)32)26-21(29)13(2)20-14(3)27(19-10-9-17(28)12-18(19)20)22(30)15-7-6-8-16(25)11-15/h6-13,28H,5H2,1-4H3,(H,26,29)(H,31,32). The van der Waals surface area contributed by atoms with Crippen LogP contribution in [0.4, 0.5) is 4.39 Å². The highest BCUT2D eigenvalue weighted by atomic mass is 19.1. The van der Waals surface area contributed by atoms with E-state index in [-0.39, 0.29) is 17.7 Å². The summed E-state index contributed by atoms with van der Waals surface area (Å²) in [5.74, 6) is -3.60. The lowest BCUT2D eigenvalue weighted by molar-refractivity contribution is -0.147. The van der Waals surface area contributed by atoms with Crippen LogP contribution in [0.3, 0.4) is 0 Å². The van der Waals surface area contributed by atoms with Gasteiger partial charge in [-0.1, -0.05) is 13.0 Å². The number of phenols is 1. The predicted octanol–water partition coefficient (Wildman–Crippen LogP) is 3.96. The number of nitrogens with zero attached hydrogens (tertiary/aromatic N) is 1. The molecule has 2 unspecified atom stereocenters. The minimum Gasteiger partial charge on any atom is -0.508 e. The van der Waals surface area contributed by atoms with Crippen LogP contribution in [0.5, 0.6) is 5.75 Å². The van der Waals surface area contributed by atoms with E-state index in [0.29, 0.717) is 22.2 Å². The molecule has 0 fully saturated rings. The van der Waals surface area contributed by atoms with Crippen molar-refractivity contribution in [1.82, 2.24) is 9.88 Å². The van der Waals surface area contributed by atoms with Gasteiger partial charge in [-0.25, -0.2) is 9.18 Å². The van der Waals surface area contributed by atoms with Gasteiger partial charge in [0.25, 0.3) is 5.91 Å². The number of carboxylic acid groups (broad SMARTS) is 1. The Morgan fingerprint density at radius 1 is 1.19 bits per heavy atom. The first-order valence-corrected chi connectivity index (χ1v) is 10.2. The lowest BCUT2D eigenvalue weighted by atomic mass is 9.93. The zero-order valence-corrected chi connectivity index (χ0v) is 18.3. The summed E-state index contributed by atoms with van der Waals surface area (Å²) in [6.45, 7) is 6.35. The van der Waals surface area contributed by atoms with E-state index >= 15 is 0 Å². The smallest absolute Gasteiger partial charge is 0.329 e. The summed E-state index contributed by atoms with van der Waals surface area (Å²) in [5, 5.41) is 22.6. The molecule has 0 aliphatic rings. The van der Waals surface area contributed by atoms with Gasteiger partial charge in [-0.2, -0.15) is 0 Å². The molecule has 0 saturated carbocycles. The molecule has 0 saturated heterocycles. The van der Waals surface area contributed by atoms with Crippen molar-refractivity contribution in [1.29, 1.82) is 0 Å². The predicted molar refractivity (Wildman–Crippen MR) is 117 cm³/mol. The van der Waals surface area contributed by atoms with Crippen molar-refractivity contribution < 1.29 is 29.0 Å². The second-order valence-corrected chi connectivity index (χ2v) is 8.05. The number of halogens is 1. The highest BCUT2D eigenvalue weighted by Gasteiger charge is 2.35. The molecule has 1 amide bonds. The Hall–Kier alpha value is -3.68. The minimum absolute atomic E-state index is 0.0503. The highest BCUT2D eigenvalue weighted by molar-refractivity contribution is 6.05. The van der Waals surface area contributed by atoms with Crippen LogP contribution in [0.1, 0.15) is 54.7 Å². The monoisotopic (exact) mass is 440 g/mol. The molecule has 1 aromatic heterocycles. The summed E-state index contributed by atoms with van der Waals surface area (Å²) in [7, 11) is 0. The summed E-state index contributed by atoms with van der Waals surface area (Å²) < 4.78 is 15.1. The van der Waals surface area contributed by atoms with Crippen LogP contribution in [0.15, 0.2) is 42.5 Å². The van der Waals surface area contributed by atoms with E-state index in [1.54, 1.807) is 26.8 Å². The number of hydrogen-bond acceptors (Lipinski definition) is 4. The van der Waals surface area contributed by atoms with E-state index < -0.39 is 35.1 Å². The molecule has 0 aliphatic heterocycles. The summed E-state index contributed by atoms with van der Waals surface area (Å²) in [5.41, 5.74) is 0.0434. The Morgan fingerprint density at radius 3 is 2.47 bits per heavy atom. The third kappa shape index (κ3) is 3.95. The van der Waals surface area contributed by atoms with E-state index in [9.17, 15) is 29.0 Å². The van der Waals surface area contributed by atoms with Gasteiger partial charge in [-0.05, 0) is 69.2 Å². The summed E-state index contributed by atoms with van der Waals surface area (Å²) in [6.07, 6.45) is 0.181. The van der Waals surface area contributed by atoms with Gasteiger partial charge in [0.1, 0.15) is 17.1 Å². The summed E-state index contributed by atoms with van der Waals surface area (Å²) in [6, 6.07) is 9.72. The number of aliphatic carboxylic acids is 1. The van der Waals surface area contributed by atoms with Gasteiger partial charge >= 0.3 is 5.97 Å². The zero-order chi connectivity index (χ0) is 23.8. The Kier molecular flexibility index (Phi) is 6.07. The van der Waals surface area contributed by atoms with E-state index in [4.69, 9.17) is 0 Å². The molecular formula is C24H25FN2O5. The van der Waals surface area contributed by atoms with Gasteiger partial charge in [0.2, 0.25) is 5.91 Å². The van der Waals surface area contributed by atoms with Crippen LogP contribution in [0.2, 0.25) is 0 Å². The second kappa shape index (κ2) is 8.45. The van der Waals surface area contributed by atoms with Crippen molar-refractivity contribution in [3.63, 3.8) is 0 Å². The van der Waals surface area contributed by atoms with Gasteiger partial charge in [0.05, 0.1) is 11.4 Å². The number of hydrogen-bond donors (Lipinski definition) is 3. The SMILES string of the molecule is CCC(C)(NC(=O)C(C)c1c(C)n(C(=O)c2cccc(F)c2)c2ccc(O)cc12)C(=O)O. The van der Waals surface area contributed by atoms with Gasteiger partial charge in [-0.15, -0.1) is 0 Å². The molecule has 0 bridgehead atoms. The maximum Gasteiger partial charge on any atom is 0.329 e. The lowest BCUT2D eigenvalue weighted by Crippen LogP contribution is -2.52. The van der Waals surface area contributed by atoms with E-state index in [0.717, 1.165) is 6.07 Å². The van der Waals surface area contributed by atoms with E-state index in [2.05, 4.69) is 5.32 Å². The Bertz CT molecular complexity index is 1230. The van der Waals surface area contributed by atoms with Gasteiger partial charge in [0.15, 0.2) is 0 Å². The third-order valence-corrected chi connectivity index (χ3v) is 5.92. The molecule has 3 rings (SSSR count). The average Bonchev–Trinajstić information content (AvgIpc) is 3.03. The molecule has 7 nitrogen and oxygen atoms in total. The Balaban J connectivity index is 2.15. The van der Waals surface area contributed by atoms with Crippen LogP contribution in [0.25, 0.3) is 10.9 Å². The zero-order valence-electron chi connectivity index (χ0n) is 18.3. The molecule has 3 aromatic rings. The van der Waals surface area contributed by atoms with Crippen molar-refractivity contribution in [2.24, 2.45) is 0 Å². The topological polar surface area (TPSA) is 109 Å². The molecule has 0 spiro atoms. The van der Waals surface area contributed by atoms with E-state index in [1.165, 1.54) is 41.8 Å². The van der Waals surface area contributed by atoms with Crippen LogP contribution < -0.4 is 5.32 Å². The number of rotatable bonds is 6. The number of aromatic nitrogens is 1. The molecule has 2 aromatic carbocycles. The van der Waals surface area contributed by atoms with Gasteiger partial charge in [0, 0.05) is 16.6 Å². The number of amides is 1. The third-order valence-electron chi connectivity index (χ3n) is 5.92. The molecule has 3 N–H and O–H groups in total. The van der Waals surface area contributed by atoms with Crippen molar-refractivity contribution in [2.45, 2.75) is 45.6 Å². The van der Waals surface area contributed by atoms with Crippen LogP contribution in [0, 0.1) is 12.7 Å². The number of carbonyl (C=O) groups is 3. The van der Waals surface area contributed by atoms with Crippen LogP contribution in [-0.2, 0) is 9.59 Å². The van der Waals surface area contributed by atoms with E-state index in [1.807, 2.05) is 0 Å². The van der Waals surface area contributed by atoms with Crippen LogP contribution in [-0.4, -0.2) is 38.1 Å². The van der Waals surface area contributed by atoms with Gasteiger partial charge in [-0.3, -0.25) is 14.2 Å². The summed E-state index contributed by atoms with van der Waals surface area (Å²) >= 11 is 0. The Labute approximate surface area is 184 Å². The fourth-order valence-electron chi connectivity index (χ4n) is 3.79. The molecule has 32 heavy (non-hydrogen) atoms. The molecular weight excluding hydrogens is 415 g/mol. The first-order valence-electron chi connectivity index (χ1n) is 10.2. The van der Waals surface area contributed by atoms with Gasteiger partial charge < -0.3 is 15.5 Å². The molecule has 0 radical (unpaired) electrons.